The van der Waals surface area contributed by atoms with Crippen molar-refractivity contribution in [3.8, 4) is 5.75 Å². The monoisotopic (exact) mass is 253 g/mol. The lowest BCUT2D eigenvalue weighted by Gasteiger charge is -2.30. The Balaban J connectivity index is 2.27. The standard InChI is InChI=1S/C14H20FNO2/c1-17-13-6-5-10(15)8-11(13)12(9-16)14-4-2-3-7-18-14/h5-6,8,12,14H,2-4,7,9,16H2,1H3. The maximum atomic E-state index is 13.4. The summed E-state index contributed by atoms with van der Waals surface area (Å²) < 4.78 is 24.5. The highest BCUT2D eigenvalue weighted by Gasteiger charge is 2.27. The number of halogens is 1. The Hall–Kier alpha value is -1.13. The van der Waals surface area contributed by atoms with Crippen LogP contribution < -0.4 is 10.5 Å². The van der Waals surface area contributed by atoms with Crippen molar-refractivity contribution in [2.45, 2.75) is 31.3 Å². The topological polar surface area (TPSA) is 44.5 Å². The van der Waals surface area contributed by atoms with Crippen molar-refractivity contribution < 1.29 is 13.9 Å². The van der Waals surface area contributed by atoms with Gasteiger partial charge in [0.2, 0.25) is 0 Å². The Labute approximate surface area is 107 Å². The fraction of sp³-hybridized carbons (Fsp3) is 0.571. The summed E-state index contributed by atoms with van der Waals surface area (Å²) in [6.45, 7) is 1.20. The molecule has 0 amide bonds. The van der Waals surface area contributed by atoms with E-state index in [0.717, 1.165) is 31.4 Å². The van der Waals surface area contributed by atoms with Crippen LogP contribution in [0.25, 0.3) is 0 Å². The van der Waals surface area contributed by atoms with Crippen LogP contribution in [0.3, 0.4) is 0 Å². The van der Waals surface area contributed by atoms with Crippen LogP contribution in [0.15, 0.2) is 18.2 Å². The average molecular weight is 253 g/mol. The van der Waals surface area contributed by atoms with Crippen molar-refractivity contribution in [3.05, 3.63) is 29.6 Å². The van der Waals surface area contributed by atoms with Crippen molar-refractivity contribution in [2.75, 3.05) is 20.3 Å². The highest BCUT2D eigenvalue weighted by molar-refractivity contribution is 5.37. The normalized spacial score (nSPS) is 21.6. The van der Waals surface area contributed by atoms with E-state index >= 15 is 0 Å². The minimum atomic E-state index is -0.264. The number of nitrogens with two attached hydrogens (primary N) is 1. The second-order valence-corrected chi connectivity index (χ2v) is 4.63. The van der Waals surface area contributed by atoms with Gasteiger partial charge in [-0.25, -0.2) is 4.39 Å². The van der Waals surface area contributed by atoms with Crippen molar-refractivity contribution in [1.82, 2.24) is 0 Å². The van der Waals surface area contributed by atoms with Gasteiger partial charge in [-0.1, -0.05) is 0 Å². The number of methoxy groups -OCH3 is 1. The summed E-state index contributed by atoms with van der Waals surface area (Å²) in [6, 6.07) is 4.56. The number of hydrogen-bond donors (Lipinski definition) is 1. The Kier molecular flexibility index (Phi) is 4.55. The van der Waals surface area contributed by atoms with Gasteiger partial charge in [-0.05, 0) is 37.5 Å². The Bertz CT molecular complexity index is 391. The summed E-state index contributed by atoms with van der Waals surface area (Å²) in [5, 5.41) is 0. The van der Waals surface area contributed by atoms with Gasteiger partial charge in [0, 0.05) is 24.6 Å². The van der Waals surface area contributed by atoms with Gasteiger partial charge in [-0.2, -0.15) is 0 Å². The average Bonchev–Trinajstić information content (AvgIpc) is 2.41. The zero-order chi connectivity index (χ0) is 13.0. The van der Waals surface area contributed by atoms with E-state index < -0.39 is 0 Å². The van der Waals surface area contributed by atoms with Gasteiger partial charge in [0.1, 0.15) is 11.6 Å². The first-order valence-corrected chi connectivity index (χ1v) is 6.41. The van der Waals surface area contributed by atoms with Gasteiger partial charge in [-0.3, -0.25) is 0 Å². The lowest BCUT2D eigenvalue weighted by atomic mass is 9.88. The van der Waals surface area contributed by atoms with Crippen LogP contribution in [0.5, 0.6) is 5.75 Å². The molecule has 0 aromatic heterocycles. The van der Waals surface area contributed by atoms with Gasteiger partial charge in [-0.15, -0.1) is 0 Å². The van der Waals surface area contributed by atoms with Crippen molar-refractivity contribution in [3.63, 3.8) is 0 Å². The molecule has 2 unspecified atom stereocenters. The fourth-order valence-electron chi connectivity index (χ4n) is 2.56. The van der Waals surface area contributed by atoms with Crippen LogP contribution in [-0.4, -0.2) is 26.4 Å². The van der Waals surface area contributed by atoms with Crippen molar-refractivity contribution >= 4 is 0 Å². The van der Waals surface area contributed by atoms with Crippen LogP contribution in [0.1, 0.15) is 30.7 Å². The first-order valence-electron chi connectivity index (χ1n) is 6.41. The molecule has 3 nitrogen and oxygen atoms in total. The molecular formula is C14H20FNO2. The fourth-order valence-corrected chi connectivity index (χ4v) is 2.56. The van der Waals surface area contributed by atoms with Gasteiger partial charge >= 0.3 is 0 Å². The van der Waals surface area contributed by atoms with Crippen LogP contribution in [0.2, 0.25) is 0 Å². The largest absolute Gasteiger partial charge is 0.496 e. The molecule has 0 bridgehead atoms. The molecule has 0 radical (unpaired) electrons. The molecule has 1 aromatic rings. The first kappa shape index (κ1) is 13.3. The van der Waals surface area contributed by atoms with E-state index in [2.05, 4.69) is 0 Å². The molecule has 4 heteroatoms. The molecule has 1 aromatic carbocycles. The summed E-state index contributed by atoms with van der Waals surface area (Å²) in [5.74, 6) is 0.414. The van der Waals surface area contributed by atoms with Crippen LogP contribution in [-0.2, 0) is 4.74 Å². The molecule has 2 N–H and O–H groups in total. The zero-order valence-electron chi connectivity index (χ0n) is 10.7. The lowest BCUT2D eigenvalue weighted by Crippen LogP contribution is -2.31. The second kappa shape index (κ2) is 6.16. The molecule has 1 aliphatic rings. The highest BCUT2D eigenvalue weighted by Crippen LogP contribution is 2.33. The molecule has 1 heterocycles. The summed E-state index contributed by atoms with van der Waals surface area (Å²) in [6.07, 6.45) is 3.27. The van der Waals surface area contributed by atoms with Gasteiger partial charge in [0.25, 0.3) is 0 Å². The molecule has 100 valence electrons. The summed E-state index contributed by atoms with van der Waals surface area (Å²) >= 11 is 0. The third-order valence-electron chi connectivity index (χ3n) is 3.51. The predicted molar refractivity (Wildman–Crippen MR) is 68.3 cm³/mol. The SMILES string of the molecule is COc1ccc(F)cc1C(CN)C1CCCCO1. The third-order valence-corrected chi connectivity index (χ3v) is 3.51. The molecule has 0 saturated carbocycles. The smallest absolute Gasteiger partial charge is 0.123 e. The second-order valence-electron chi connectivity index (χ2n) is 4.63. The molecule has 2 atom stereocenters. The maximum absolute atomic E-state index is 13.4. The number of rotatable bonds is 4. The minimum Gasteiger partial charge on any atom is -0.496 e. The van der Waals surface area contributed by atoms with Crippen LogP contribution >= 0.6 is 0 Å². The molecule has 1 fully saturated rings. The van der Waals surface area contributed by atoms with Gasteiger partial charge in [0.15, 0.2) is 0 Å². The molecule has 1 saturated heterocycles. The molecule has 0 aliphatic carbocycles. The Morgan fingerprint density at radius 1 is 1.50 bits per heavy atom. The van der Waals surface area contributed by atoms with E-state index in [4.69, 9.17) is 15.2 Å². The first-order chi connectivity index (χ1) is 8.76. The van der Waals surface area contributed by atoms with Crippen LogP contribution in [0.4, 0.5) is 4.39 Å². The van der Waals surface area contributed by atoms with E-state index in [-0.39, 0.29) is 17.8 Å². The van der Waals surface area contributed by atoms with Crippen molar-refractivity contribution in [1.29, 1.82) is 0 Å². The summed E-state index contributed by atoms with van der Waals surface area (Å²) in [7, 11) is 1.59. The van der Waals surface area contributed by atoms with E-state index in [1.54, 1.807) is 13.2 Å². The van der Waals surface area contributed by atoms with Gasteiger partial charge in [0.05, 0.1) is 13.2 Å². The van der Waals surface area contributed by atoms with E-state index in [9.17, 15) is 4.39 Å². The van der Waals surface area contributed by atoms with E-state index in [1.165, 1.54) is 12.1 Å². The molecule has 18 heavy (non-hydrogen) atoms. The maximum Gasteiger partial charge on any atom is 0.123 e. The molecule has 1 aliphatic heterocycles. The lowest BCUT2D eigenvalue weighted by molar-refractivity contribution is 0.000139. The van der Waals surface area contributed by atoms with Crippen LogP contribution in [0, 0.1) is 5.82 Å². The minimum absolute atomic E-state index is 0.00375. The molecule has 2 rings (SSSR count). The van der Waals surface area contributed by atoms with Crippen molar-refractivity contribution in [2.24, 2.45) is 5.73 Å². The van der Waals surface area contributed by atoms with Gasteiger partial charge < -0.3 is 15.2 Å². The predicted octanol–water partition coefficient (Wildman–Crippen LogP) is 2.45. The Morgan fingerprint density at radius 2 is 2.33 bits per heavy atom. The number of benzene rings is 1. The Morgan fingerprint density at radius 3 is 2.94 bits per heavy atom. The zero-order valence-corrected chi connectivity index (χ0v) is 10.7. The van der Waals surface area contributed by atoms with E-state index in [1.807, 2.05) is 0 Å². The summed E-state index contributed by atoms with van der Waals surface area (Å²) in [5.41, 5.74) is 6.66. The molecule has 0 spiro atoms. The quantitative estimate of drug-likeness (QED) is 0.896. The molecular weight excluding hydrogens is 233 g/mol. The summed E-state index contributed by atoms with van der Waals surface area (Å²) in [4.78, 5) is 0. The third kappa shape index (κ3) is 2.82. The number of hydrogen-bond acceptors (Lipinski definition) is 3. The highest BCUT2D eigenvalue weighted by atomic mass is 19.1. The number of ether oxygens (including phenoxy) is 2. The van der Waals surface area contributed by atoms with E-state index in [0.29, 0.717) is 12.3 Å².